The fourth-order valence-electron chi connectivity index (χ4n) is 10.7. The first kappa shape index (κ1) is 50.8. The molecular weight excluding hydrogens is 1070 g/mol. The molecule has 3 saturated heterocycles. The molecule has 0 aliphatic carbocycles. The fraction of sp³-hybridized carbons (Fsp3) is 0.364. The van der Waals surface area contributed by atoms with E-state index in [0.717, 1.165) is 24.3 Å². The molecule has 2 N–H and O–H groups in total. The fourth-order valence-corrected chi connectivity index (χ4v) is 10.7. The Morgan fingerprint density at radius 3 is 0.565 bits per heavy atom. The van der Waals surface area contributed by atoms with Gasteiger partial charge in [-0.25, -0.2) is 87.8 Å². The zero-order valence-electron chi connectivity index (χ0n) is 33.8. The van der Waals surface area contributed by atoms with E-state index in [1.54, 1.807) is 0 Å². The average Bonchev–Trinajstić information content (AvgIpc) is 4.18. The zero-order valence-corrected chi connectivity index (χ0v) is 35.4. The van der Waals surface area contributed by atoms with Gasteiger partial charge in [0, 0.05) is 46.4 Å². The number of benzene rings is 4. The van der Waals surface area contributed by atoms with E-state index in [1.165, 1.54) is 0 Å². The van der Waals surface area contributed by atoms with E-state index in [4.69, 9.17) is 0 Å². The molecule has 0 aromatic heterocycles. The van der Waals surface area contributed by atoms with Crippen LogP contribution in [0.1, 0.15) is 71.6 Å². The van der Waals surface area contributed by atoms with E-state index in [9.17, 15) is 52.7 Å². The third kappa shape index (κ3) is 7.79. The van der Waals surface area contributed by atoms with Gasteiger partial charge in [0.2, 0.25) is 23.3 Å². The minimum Gasteiger partial charge on any atom is -0.656 e. The molecule has 12 unspecified atom stereocenters. The van der Waals surface area contributed by atoms with E-state index < -0.39 is 236 Å². The number of nitrogens with one attached hydrogen (secondary N) is 2. The molecule has 8 bridgehead atoms. The summed E-state index contributed by atoms with van der Waals surface area (Å²) in [4.78, 5) is 0. The molecule has 0 amide bonds. The molecule has 372 valence electrons. The minimum absolute atomic E-state index is 0. The molecule has 5 heterocycles. The van der Waals surface area contributed by atoms with Gasteiger partial charge in [-0.1, -0.05) is 50.0 Å². The van der Waals surface area contributed by atoms with Gasteiger partial charge in [0.1, 0.15) is 0 Å². The van der Waals surface area contributed by atoms with Crippen molar-refractivity contribution in [3.8, 4) is 0 Å². The first-order valence-electron chi connectivity index (χ1n) is 20.4. The molecule has 69 heavy (non-hydrogen) atoms. The summed E-state index contributed by atoms with van der Waals surface area (Å²) in [6, 6.07) is -14.4. The van der Waals surface area contributed by atoms with Gasteiger partial charge in [0.15, 0.2) is 93.1 Å². The monoisotopic (exact) mass is 1100 g/mol. The van der Waals surface area contributed by atoms with E-state index in [1.807, 2.05) is 0 Å². The Kier molecular flexibility index (Phi) is 13.7. The quantitative estimate of drug-likeness (QED) is 0.0703. The van der Waals surface area contributed by atoms with Gasteiger partial charge in [0.05, 0.1) is 0 Å². The second kappa shape index (κ2) is 18.6. The van der Waals surface area contributed by atoms with E-state index in [2.05, 4.69) is 21.3 Å². The van der Waals surface area contributed by atoms with E-state index >= 15 is 35.1 Å². The van der Waals surface area contributed by atoms with Crippen LogP contribution in [0.4, 0.5) is 87.8 Å². The summed E-state index contributed by atoms with van der Waals surface area (Å²) in [6.45, 7) is 0. The van der Waals surface area contributed by atoms with Gasteiger partial charge in [-0.05, 0) is 23.7 Å². The summed E-state index contributed by atoms with van der Waals surface area (Å²) < 4.78 is 305. The Morgan fingerprint density at radius 1 is 0.261 bits per heavy atom. The van der Waals surface area contributed by atoms with Crippen molar-refractivity contribution in [1.82, 2.24) is 10.6 Å². The van der Waals surface area contributed by atoms with E-state index in [0.29, 0.717) is 0 Å². The van der Waals surface area contributed by atoms with Crippen LogP contribution < -0.4 is 10.6 Å². The van der Waals surface area contributed by atoms with Gasteiger partial charge >= 0.3 is 20.4 Å². The maximum atomic E-state index is 15.9. The smallest absolute Gasteiger partial charge is 0.656 e. The number of hydrogen-bond donors (Lipinski definition) is 2. The van der Waals surface area contributed by atoms with Crippen molar-refractivity contribution in [1.29, 1.82) is 0 Å². The van der Waals surface area contributed by atoms with Crippen LogP contribution in [0.25, 0.3) is 10.6 Å². The molecule has 12 atom stereocenters. The van der Waals surface area contributed by atoms with Crippen molar-refractivity contribution >= 4 is 0 Å². The first-order valence-corrected chi connectivity index (χ1v) is 20.4. The summed E-state index contributed by atoms with van der Waals surface area (Å²) in [5.74, 6) is -58.5. The number of nitrogens with zero attached hydrogens (tertiary/aromatic N) is 2. The SMILES string of the molecule is Fc1c(F)c(F)c(C2C3CCC([N-]3)C(c3c(F)c(F)c(F)c(F)c3F)C3C=CC(N3)C(c3c(F)c(F)c(F)c(F)c3F)C3CCC([N-]3)C(c3c(F)c(F)c(F)c(F)c3F)C3C=CC2N3)c(F)c1F.[Pd+2]. The first-order chi connectivity index (χ1) is 32.1. The maximum Gasteiger partial charge on any atom is 2.00 e. The standard InChI is InChI=1S/C44H26F20N4.Pd/c45-25-21(26(46)34(54)41(61)33(25)53)17-9-1-2-10(65-9)18(22-27(47)35(55)42(62)36(56)28(22)48)12-5-6-14(67-12)20(24-31(51)39(59)44(64)40(60)32(24)52)16-8-7-15(68-16)19(13-4-3-11(17)66-13)23-29(49)37(57)43(63)38(58)30(23)50;/h1-2,7-20,65,68H,3-6H2;/q-2;+2. The topological polar surface area (TPSA) is 52.3 Å². The normalized spacial score (nSPS) is 29.6. The Balaban J connectivity index is 0.00000642. The third-order valence-corrected chi connectivity index (χ3v) is 13.6. The Labute approximate surface area is 389 Å². The summed E-state index contributed by atoms with van der Waals surface area (Å²) in [6.07, 6.45) is 1.49. The van der Waals surface area contributed by atoms with Crippen LogP contribution in [0.2, 0.25) is 0 Å². The van der Waals surface area contributed by atoms with Crippen LogP contribution >= 0.6 is 0 Å². The molecule has 9 rings (SSSR count). The van der Waals surface area contributed by atoms with Crippen molar-refractivity contribution < 1.29 is 108 Å². The van der Waals surface area contributed by atoms with Crippen molar-refractivity contribution in [3.63, 3.8) is 0 Å². The van der Waals surface area contributed by atoms with Gasteiger partial charge in [-0.2, -0.15) is 0 Å². The Bertz CT molecular complexity index is 2360. The van der Waals surface area contributed by atoms with Crippen LogP contribution in [-0.2, 0) is 20.4 Å². The predicted octanol–water partition coefficient (Wildman–Crippen LogP) is 11.5. The molecule has 5 aliphatic heterocycles. The van der Waals surface area contributed by atoms with Crippen LogP contribution in [0, 0.1) is 116 Å². The number of rotatable bonds is 4. The zero-order chi connectivity index (χ0) is 49.3. The number of fused-ring (bicyclic) bond motifs is 8. The molecule has 4 aromatic rings. The summed E-state index contributed by atoms with van der Waals surface area (Å²) in [7, 11) is 0. The summed E-state index contributed by atoms with van der Waals surface area (Å²) in [5.41, 5.74) is -6.35. The molecule has 4 aromatic carbocycles. The minimum atomic E-state index is -2.63. The van der Waals surface area contributed by atoms with Crippen LogP contribution in [0.15, 0.2) is 24.3 Å². The molecule has 0 spiro atoms. The summed E-state index contributed by atoms with van der Waals surface area (Å²) >= 11 is 0. The second-order valence-electron chi connectivity index (χ2n) is 17.0. The second-order valence-corrected chi connectivity index (χ2v) is 17.0. The summed E-state index contributed by atoms with van der Waals surface area (Å²) in [5, 5.41) is 14.0. The van der Waals surface area contributed by atoms with Crippen molar-refractivity contribution in [2.24, 2.45) is 0 Å². The Hall–Kier alpha value is -4.54. The van der Waals surface area contributed by atoms with E-state index in [-0.39, 0.29) is 20.4 Å². The van der Waals surface area contributed by atoms with Crippen molar-refractivity contribution in [3.05, 3.63) is 174 Å². The molecule has 4 nitrogen and oxygen atoms in total. The average molecular weight is 1100 g/mol. The van der Waals surface area contributed by atoms with Crippen LogP contribution in [0.5, 0.6) is 0 Å². The van der Waals surface area contributed by atoms with Crippen molar-refractivity contribution in [2.75, 3.05) is 0 Å². The van der Waals surface area contributed by atoms with Crippen molar-refractivity contribution in [2.45, 2.75) is 97.7 Å². The largest absolute Gasteiger partial charge is 2.00 e. The molecule has 3 fully saturated rings. The number of halogens is 20. The van der Waals surface area contributed by atoms with Gasteiger partial charge in [0.25, 0.3) is 0 Å². The molecule has 0 saturated carbocycles. The molecule has 25 heteroatoms. The Morgan fingerprint density at radius 2 is 0.406 bits per heavy atom. The third-order valence-electron chi connectivity index (χ3n) is 13.6. The van der Waals surface area contributed by atoms with Crippen LogP contribution in [0.3, 0.4) is 0 Å². The maximum absolute atomic E-state index is 15.9. The van der Waals surface area contributed by atoms with Gasteiger partial charge in [-0.15, -0.1) is 24.2 Å². The van der Waals surface area contributed by atoms with Gasteiger partial charge < -0.3 is 21.3 Å². The molecule has 0 radical (unpaired) electrons. The van der Waals surface area contributed by atoms with Gasteiger partial charge in [-0.3, -0.25) is 0 Å². The number of hydrogen-bond acceptors (Lipinski definition) is 2. The predicted molar refractivity (Wildman–Crippen MR) is 196 cm³/mol. The molecular formula is C44H26F20N4Pd. The molecule has 5 aliphatic rings. The van der Waals surface area contributed by atoms with Crippen LogP contribution in [-0.4, -0.2) is 48.3 Å².